The van der Waals surface area contributed by atoms with Crippen LogP contribution in [0.5, 0.6) is 5.88 Å². The zero-order chi connectivity index (χ0) is 17.0. The zero-order valence-corrected chi connectivity index (χ0v) is 13.8. The van der Waals surface area contributed by atoms with Crippen molar-refractivity contribution < 1.29 is 14.3 Å². The van der Waals surface area contributed by atoms with E-state index in [2.05, 4.69) is 22.2 Å². The molecular formula is C17H17N3O3S. The number of pyridine rings is 1. The van der Waals surface area contributed by atoms with Gasteiger partial charge in [0.25, 0.3) is 5.91 Å². The van der Waals surface area contributed by atoms with Gasteiger partial charge >= 0.3 is 0 Å². The van der Waals surface area contributed by atoms with Gasteiger partial charge in [-0.2, -0.15) is 0 Å². The van der Waals surface area contributed by atoms with Gasteiger partial charge in [-0.25, -0.2) is 4.98 Å². The summed E-state index contributed by atoms with van der Waals surface area (Å²) in [6.07, 6.45) is 4.41. The predicted octanol–water partition coefficient (Wildman–Crippen LogP) is 2.61. The molecule has 3 rings (SSSR count). The van der Waals surface area contributed by atoms with Crippen LogP contribution < -0.4 is 15.4 Å². The summed E-state index contributed by atoms with van der Waals surface area (Å²) in [7, 11) is 0. The lowest BCUT2D eigenvalue weighted by molar-refractivity contribution is -0.118. The van der Waals surface area contributed by atoms with E-state index in [4.69, 9.17) is 4.74 Å². The SMILES string of the molecule is C=CCOc1ccc(NC(=O)C2(NC(=O)c3cccs3)CC2)cn1. The van der Waals surface area contributed by atoms with Crippen LogP contribution in [0.25, 0.3) is 0 Å². The van der Waals surface area contributed by atoms with Crippen molar-refractivity contribution in [3.05, 3.63) is 53.4 Å². The highest BCUT2D eigenvalue weighted by atomic mass is 32.1. The molecule has 0 unspecified atom stereocenters. The average molecular weight is 343 g/mol. The third-order valence-electron chi connectivity index (χ3n) is 3.63. The van der Waals surface area contributed by atoms with Crippen LogP contribution >= 0.6 is 11.3 Å². The number of aromatic nitrogens is 1. The van der Waals surface area contributed by atoms with Crippen LogP contribution in [0.3, 0.4) is 0 Å². The third-order valence-corrected chi connectivity index (χ3v) is 4.49. The highest BCUT2D eigenvalue weighted by molar-refractivity contribution is 7.12. The maximum absolute atomic E-state index is 12.5. The first-order valence-electron chi connectivity index (χ1n) is 7.50. The van der Waals surface area contributed by atoms with Gasteiger partial charge < -0.3 is 15.4 Å². The highest BCUT2D eigenvalue weighted by Crippen LogP contribution is 2.37. The molecule has 2 heterocycles. The van der Waals surface area contributed by atoms with E-state index in [0.29, 0.717) is 35.9 Å². The lowest BCUT2D eigenvalue weighted by Gasteiger charge is -2.16. The Morgan fingerprint density at radius 3 is 2.79 bits per heavy atom. The van der Waals surface area contributed by atoms with Crippen molar-refractivity contribution >= 4 is 28.8 Å². The fraction of sp³-hybridized carbons (Fsp3) is 0.235. The number of carbonyl (C=O) groups is 2. The fourth-order valence-electron chi connectivity index (χ4n) is 2.16. The lowest BCUT2D eigenvalue weighted by atomic mass is 10.2. The van der Waals surface area contributed by atoms with Gasteiger partial charge in [-0.3, -0.25) is 9.59 Å². The Bertz CT molecular complexity index is 737. The Kier molecular flexibility index (Phi) is 4.61. The van der Waals surface area contributed by atoms with Gasteiger partial charge in [0.05, 0.1) is 16.8 Å². The van der Waals surface area contributed by atoms with Gasteiger partial charge in [-0.05, 0) is 30.4 Å². The van der Waals surface area contributed by atoms with Crippen molar-refractivity contribution in [2.75, 3.05) is 11.9 Å². The summed E-state index contributed by atoms with van der Waals surface area (Å²) < 4.78 is 5.29. The maximum Gasteiger partial charge on any atom is 0.262 e. The second-order valence-electron chi connectivity index (χ2n) is 5.45. The minimum atomic E-state index is -0.820. The molecule has 0 spiro atoms. The molecule has 1 aliphatic rings. The fourth-order valence-corrected chi connectivity index (χ4v) is 2.77. The van der Waals surface area contributed by atoms with Crippen molar-refractivity contribution in [3.8, 4) is 5.88 Å². The van der Waals surface area contributed by atoms with Crippen LogP contribution in [0.2, 0.25) is 0 Å². The van der Waals surface area contributed by atoms with Gasteiger partial charge in [0, 0.05) is 6.07 Å². The minimum Gasteiger partial charge on any atom is -0.473 e. The largest absolute Gasteiger partial charge is 0.473 e. The van der Waals surface area contributed by atoms with E-state index in [1.165, 1.54) is 17.5 Å². The van der Waals surface area contributed by atoms with E-state index in [1.54, 1.807) is 30.3 Å². The molecule has 0 radical (unpaired) electrons. The van der Waals surface area contributed by atoms with Gasteiger partial charge in [0.2, 0.25) is 11.8 Å². The molecule has 2 aromatic rings. The smallest absolute Gasteiger partial charge is 0.262 e. The van der Waals surface area contributed by atoms with Crippen LogP contribution in [0, 0.1) is 0 Å². The van der Waals surface area contributed by atoms with Crippen molar-refractivity contribution in [1.82, 2.24) is 10.3 Å². The molecule has 7 heteroatoms. The molecular weight excluding hydrogens is 326 g/mol. The summed E-state index contributed by atoms with van der Waals surface area (Å²) in [6.45, 7) is 3.94. The van der Waals surface area contributed by atoms with E-state index in [-0.39, 0.29) is 11.8 Å². The summed E-state index contributed by atoms with van der Waals surface area (Å²) in [5.74, 6) is 0.0120. The second-order valence-corrected chi connectivity index (χ2v) is 6.40. The lowest BCUT2D eigenvalue weighted by Crippen LogP contribution is -2.45. The summed E-state index contributed by atoms with van der Waals surface area (Å²) in [4.78, 5) is 29.3. The first-order chi connectivity index (χ1) is 11.6. The van der Waals surface area contributed by atoms with E-state index < -0.39 is 5.54 Å². The van der Waals surface area contributed by atoms with Gasteiger partial charge in [-0.15, -0.1) is 11.3 Å². The molecule has 1 aliphatic carbocycles. The molecule has 0 aliphatic heterocycles. The molecule has 0 aromatic carbocycles. The summed E-state index contributed by atoms with van der Waals surface area (Å²) in [5.41, 5.74) is -0.262. The second kappa shape index (κ2) is 6.84. The van der Waals surface area contributed by atoms with Gasteiger partial charge in [0.1, 0.15) is 12.1 Å². The van der Waals surface area contributed by atoms with E-state index in [1.807, 2.05) is 5.38 Å². The Morgan fingerprint density at radius 1 is 1.38 bits per heavy atom. The minimum absolute atomic E-state index is 0.219. The van der Waals surface area contributed by atoms with Crippen LogP contribution in [0.1, 0.15) is 22.5 Å². The summed E-state index contributed by atoms with van der Waals surface area (Å²) >= 11 is 1.35. The molecule has 124 valence electrons. The number of thiophene rings is 1. The molecule has 2 N–H and O–H groups in total. The molecule has 2 amide bonds. The van der Waals surface area contributed by atoms with Crippen molar-refractivity contribution in [1.29, 1.82) is 0 Å². The number of ether oxygens (including phenoxy) is 1. The van der Waals surface area contributed by atoms with Gasteiger partial charge in [-0.1, -0.05) is 18.7 Å². The van der Waals surface area contributed by atoms with Gasteiger partial charge in [0.15, 0.2) is 0 Å². The molecule has 24 heavy (non-hydrogen) atoms. The Hall–Kier alpha value is -2.67. The van der Waals surface area contributed by atoms with E-state index in [9.17, 15) is 9.59 Å². The van der Waals surface area contributed by atoms with Crippen molar-refractivity contribution in [3.63, 3.8) is 0 Å². The molecule has 1 fully saturated rings. The predicted molar refractivity (Wildman–Crippen MR) is 92.3 cm³/mol. The average Bonchev–Trinajstić information content (AvgIpc) is 3.16. The van der Waals surface area contributed by atoms with Crippen molar-refractivity contribution in [2.45, 2.75) is 18.4 Å². The number of nitrogens with zero attached hydrogens (tertiary/aromatic N) is 1. The topological polar surface area (TPSA) is 80.3 Å². The molecule has 0 bridgehead atoms. The molecule has 2 aromatic heterocycles. The number of nitrogens with one attached hydrogen (secondary N) is 2. The summed E-state index contributed by atoms with van der Waals surface area (Å²) in [5, 5.41) is 7.45. The van der Waals surface area contributed by atoms with Crippen LogP contribution in [-0.2, 0) is 4.79 Å². The standard InChI is InChI=1S/C17H17N3O3S/c1-2-9-23-14-6-5-12(11-18-14)19-16(22)17(7-8-17)20-15(21)13-4-3-10-24-13/h2-6,10-11H,1,7-9H2,(H,19,22)(H,20,21). The monoisotopic (exact) mass is 343 g/mol. The molecule has 6 nitrogen and oxygen atoms in total. The van der Waals surface area contributed by atoms with E-state index in [0.717, 1.165) is 0 Å². The molecule has 0 atom stereocenters. The molecule has 0 saturated heterocycles. The first kappa shape index (κ1) is 16.2. The summed E-state index contributed by atoms with van der Waals surface area (Å²) in [6, 6.07) is 6.92. The number of rotatable bonds is 7. The first-order valence-corrected chi connectivity index (χ1v) is 8.38. The molecule has 1 saturated carbocycles. The number of carbonyl (C=O) groups excluding carboxylic acids is 2. The number of anilines is 1. The Morgan fingerprint density at radius 2 is 2.21 bits per heavy atom. The maximum atomic E-state index is 12.5. The highest BCUT2D eigenvalue weighted by Gasteiger charge is 2.51. The Balaban J connectivity index is 1.60. The Labute approximate surface area is 143 Å². The van der Waals surface area contributed by atoms with Crippen LogP contribution in [0.4, 0.5) is 5.69 Å². The number of hydrogen-bond acceptors (Lipinski definition) is 5. The quantitative estimate of drug-likeness (QED) is 0.757. The zero-order valence-electron chi connectivity index (χ0n) is 13.0. The number of hydrogen-bond donors (Lipinski definition) is 2. The van der Waals surface area contributed by atoms with E-state index >= 15 is 0 Å². The third kappa shape index (κ3) is 3.62. The van der Waals surface area contributed by atoms with Crippen LogP contribution in [-0.4, -0.2) is 28.9 Å². The number of amides is 2. The van der Waals surface area contributed by atoms with Crippen molar-refractivity contribution in [2.24, 2.45) is 0 Å². The normalized spacial score (nSPS) is 14.5. The van der Waals surface area contributed by atoms with Crippen LogP contribution in [0.15, 0.2) is 48.5 Å².